The normalized spacial score (nSPS) is 35.5. The van der Waals surface area contributed by atoms with Gasteiger partial charge in [0.2, 0.25) is 0 Å². The van der Waals surface area contributed by atoms with Crippen molar-refractivity contribution >= 4 is 18.0 Å². The molecule has 0 aromatic rings. The summed E-state index contributed by atoms with van der Waals surface area (Å²) in [5.41, 5.74) is 2.55. The number of aliphatic hydroxyl groups excluding tert-OH is 2. The zero-order valence-electron chi connectivity index (χ0n) is 27.6. The van der Waals surface area contributed by atoms with Gasteiger partial charge in [-0.05, 0) is 81.6 Å². The molecule has 0 aromatic carbocycles. The molecule has 0 aromatic heterocycles. The van der Waals surface area contributed by atoms with Gasteiger partial charge in [-0.3, -0.25) is 14.9 Å². The molecule has 4 rings (SSSR count). The van der Waals surface area contributed by atoms with Crippen molar-refractivity contribution in [2.24, 2.45) is 34.6 Å². The fraction of sp³-hybridized carbons (Fsp3) is 0.778. The fourth-order valence-corrected chi connectivity index (χ4v) is 7.89. The lowest BCUT2D eigenvalue weighted by Gasteiger charge is -2.35. The van der Waals surface area contributed by atoms with Crippen molar-refractivity contribution in [2.45, 2.75) is 122 Å². The highest BCUT2D eigenvalue weighted by atomic mass is 16.5. The van der Waals surface area contributed by atoms with Crippen LogP contribution in [-0.4, -0.2) is 79.5 Å². The highest BCUT2D eigenvalue weighted by Gasteiger charge is 2.35. The number of aliphatic imine (C=N–C) groups is 1. The van der Waals surface area contributed by atoms with Gasteiger partial charge in [0.1, 0.15) is 24.0 Å². The number of nitrogens with one attached hydrogen (secondary N) is 2. The summed E-state index contributed by atoms with van der Waals surface area (Å²) in [6, 6.07) is 0. The Bertz CT molecular complexity index is 1100. The van der Waals surface area contributed by atoms with Crippen LogP contribution in [0.4, 0.5) is 0 Å². The number of nitrogens with zero attached hydrogens (tertiary/aromatic N) is 1. The van der Waals surface area contributed by atoms with Crippen molar-refractivity contribution < 1.29 is 29.3 Å². The summed E-state index contributed by atoms with van der Waals surface area (Å²) in [6.07, 6.45) is 10.6. The topological polar surface area (TPSA) is 129 Å². The highest BCUT2D eigenvalue weighted by molar-refractivity contribution is 5.84. The molecule has 3 heterocycles. The molecule has 4 N–H and O–H groups in total. The zero-order valence-corrected chi connectivity index (χ0v) is 27.6. The summed E-state index contributed by atoms with van der Waals surface area (Å²) in [7, 11) is 1.63. The molecule has 3 aliphatic heterocycles. The van der Waals surface area contributed by atoms with Gasteiger partial charge in [0, 0.05) is 52.2 Å². The summed E-state index contributed by atoms with van der Waals surface area (Å²) in [4.78, 5) is 30.1. The van der Waals surface area contributed by atoms with Gasteiger partial charge in [0.15, 0.2) is 6.21 Å². The molecule has 9 atom stereocenters. The lowest BCUT2D eigenvalue weighted by molar-refractivity contribution is -0.148. The average Bonchev–Trinajstić information content (AvgIpc) is 3.46. The minimum atomic E-state index is -0.496. The number of piperidine rings is 1. The maximum absolute atomic E-state index is 13.5. The number of rotatable bonds is 6. The first-order chi connectivity index (χ1) is 21.8. The van der Waals surface area contributed by atoms with E-state index in [1.165, 1.54) is 18.1 Å². The maximum Gasteiger partial charge on any atom is 0.302 e. The van der Waals surface area contributed by atoms with Gasteiger partial charge in [0.05, 0.1) is 30.5 Å². The molecule has 45 heavy (non-hydrogen) atoms. The number of hydrogen-bond donors (Lipinski definition) is 4. The minimum Gasteiger partial charge on any atom is -0.462 e. The van der Waals surface area contributed by atoms with Crippen molar-refractivity contribution in [1.29, 1.82) is 0 Å². The lowest BCUT2D eigenvalue weighted by atomic mass is 9.75. The van der Waals surface area contributed by atoms with E-state index in [4.69, 9.17) is 9.47 Å². The summed E-state index contributed by atoms with van der Waals surface area (Å²) in [5, 5.41) is 27.6. The molecule has 9 nitrogen and oxygen atoms in total. The van der Waals surface area contributed by atoms with Crippen LogP contribution < -0.4 is 10.6 Å². The summed E-state index contributed by atoms with van der Waals surface area (Å²) in [6.45, 7) is 7.22. The Morgan fingerprint density at radius 3 is 2.69 bits per heavy atom. The Kier molecular flexibility index (Phi) is 14.4. The smallest absolute Gasteiger partial charge is 0.302 e. The number of hydrogen-bond acceptors (Lipinski definition) is 9. The van der Waals surface area contributed by atoms with Crippen molar-refractivity contribution in [3.63, 3.8) is 0 Å². The van der Waals surface area contributed by atoms with Crippen LogP contribution in [0, 0.1) is 48.0 Å². The third-order valence-electron chi connectivity index (χ3n) is 10.6. The first-order valence-electron chi connectivity index (χ1n) is 17.3. The van der Waals surface area contributed by atoms with E-state index >= 15 is 0 Å². The molecule has 0 radical (unpaired) electrons. The van der Waals surface area contributed by atoms with Gasteiger partial charge in [-0.1, -0.05) is 25.2 Å². The molecular formula is C36H56N3O6+. The third kappa shape index (κ3) is 10.9. The molecule has 0 amide bonds. The first-order valence-corrected chi connectivity index (χ1v) is 17.3. The summed E-state index contributed by atoms with van der Waals surface area (Å²) < 4.78 is 11.3. The molecule has 1 saturated carbocycles. The van der Waals surface area contributed by atoms with Crippen LogP contribution in [0.3, 0.4) is 0 Å². The molecular weight excluding hydrogens is 570 g/mol. The van der Waals surface area contributed by atoms with Crippen LogP contribution in [0.1, 0.15) is 97.3 Å². The number of Topliss-reactive ketones (excluding diaryl/α,β-unsaturated/α-hetero) is 1. The monoisotopic (exact) mass is 626 g/mol. The second kappa shape index (κ2) is 18.2. The number of fused-ring (bicyclic) bond motifs is 2. The molecule has 9 heteroatoms. The van der Waals surface area contributed by atoms with E-state index in [0.29, 0.717) is 50.0 Å². The number of aliphatic hydroxyl groups is 2. The molecule has 2 fully saturated rings. The standard InChI is InChI=1S/C36H56N3O6/c1-4-25-7-9-33(45-24(2)41)21-32(42)18-26(27-8-10-34(43)35(19-27)44-3)6-5-13-38-36-20-28(11-14-39-36)29(12-15-40)17-31-23-37-22-30(31)16-25/h22-23,25-29,33-36,38-40,43H,4,7-21H2,1-3H3/q+1. The van der Waals surface area contributed by atoms with E-state index in [0.717, 1.165) is 57.9 Å². The number of ketones is 1. The van der Waals surface area contributed by atoms with Crippen LogP contribution >= 0.6 is 0 Å². The maximum atomic E-state index is 13.5. The van der Waals surface area contributed by atoms with Gasteiger partial charge in [-0.25, -0.2) is 0 Å². The second-order valence-electron chi connectivity index (χ2n) is 13.7. The fourth-order valence-electron chi connectivity index (χ4n) is 7.89. The number of carbonyl (C=O) groups excluding carboxylic acids is 2. The van der Waals surface area contributed by atoms with Crippen LogP contribution in [-0.2, 0) is 19.1 Å². The number of ether oxygens (including phenoxy) is 2. The van der Waals surface area contributed by atoms with Crippen LogP contribution in [0.15, 0.2) is 16.1 Å². The second-order valence-corrected chi connectivity index (χ2v) is 13.7. The molecule has 250 valence electrons. The Hall–Kier alpha value is -2.22. The Balaban J connectivity index is 1.57. The number of esters is 1. The predicted molar refractivity (Wildman–Crippen MR) is 175 cm³/mol. The highest BCUT2D eigenvalue weighted by Crippen LogP contribution is 2.37. The van der Waals surface area contributed by atoms with E-state index in [1.807, 2.05) is 12.8 Å². The number of methoxy groups -OCH3 is 1. The lowest BCUT2D eigenvalue weighted by Crippen LogP contribution is -2.49. The van der Waals surface area contributed by atoms with Crippen molar-refractivity contribution in [3.8, 4) is 11.8 Å². The van der Waals surface area contributed by atoms with Gasteiger partial charge in [-0.15, -0.1) is 4.99 Å². The van der Waals surface area contributed by atoms with E-state index in [9.17, 15) is 19.8 Å². The van der Waals surface area contributed by atoms with Crippen LogP contribution in [0.2, 0.25) is 0 Å². The Morgan fingerprint density at radius 2 is 1.93 bits per heavy atom. The number of allylic oxidation sites excluding steroid dienone is 1. The van der Waals surface area contributed by atoms with E-state index < -0.39 is 12.2 Å². The van der Waals surface area contributed by atoms with Gasteiger partial charge < -0.3 is 25.0 Å². The van der Waals surface area contributed by atoms with Crippen molar-refractivity contribution in [3.05, 3.63) is 17.7 Å². The van der Waals surface area contributed by atoms with Gasteiger partial charge in [0.25, 0.3) is 0 Å². The zero-order chi connectivity index (χ0) is 32.2. The average molecular weight is 627 g/mol. The van der Waals surface area contributed by atoms with E-state index in [2.05, 4.69) is 34.4 Å². The molecule has 4 aliphatic rings. The Labute approximate surface area is 270 Å². The summed E-state index contributed by atoms with van der Waals surface area (Å²) >= 11 is 0. The summed E-state index contributed by atoms with van der Waals surface area (Å²) in [5.74, 6) is 7.70. The largest absolute Gasteiger partial charge is 0.462 e. The first kappa shape index (κ1) is 35.6. The SMILES string of the molecule is CCC1CCC(OC(C)=O)CC(=O)CC(C2CCC(O)C(OC)C2)C#CCNC2CC(CCN2)C(CCO)CC2=C(C=N[CH+]2)C1. The molecule has 1 saturated heterocycles. The van der Waals surface area contributed by atoms with E-state index in [1.54, 1.807) is 7.11 Å². The quantitative estimate of drug-likeness (QED) is 0.197. The van der Waals surface area contributed by atoms with Crippen molar-refractivity contribution in [2.75, 3.05) is 26.8 Å². The van der Waals surface area contributed by atoms with Crippen LogP contribution in [0.5, 0.6) is 0 Å². The van der Waals surface area contributed by atoms with Crippen LogP contribution in [0.25, 0.3) is 0 Å². The minimum absolute atomic E-state index is 0.0604. The Morgan fingerprint density at radius 1 is 1.09 bits per heavy atom. The van der Waals surface area contributed by atoms with Crippen molar-refractivity contribution in [1.82, 2.24) is 10.6 Å². The van der Waals surface area contributed by atoms with Gasteiger partial charge >= 0.3 is 5.97 Å². The molecule has 9 unspecified atom stereocenters. The van der Waals surface area contributed by atoms with Gasteiger partial charge in [-0.2, -0.15) is 0 Å². The third-order valence-corrected chi connectivity index (χ3v) is 10.6. The number of carbonyl (C=O) groups is 2. The molecule has 2 bridgehead atoms. The predicted octanol–water partition coefficient (Wildman–Crippen LogP) is 4.12. The molecule has 1 aliphatic carbocycles. The van der Waals surface area contributed by atoms with E-state index in [-0.39, 0.29) is 48.9 Å². The molecule has 0 spiro atoms.